The molecule has 0 radical (unpaired) electrons. The van der Waals surface area contributed by atoms with E-state index in [1.165, 1.54) is 24.9 Å². The van der Waals surface area contributed by atoms with Gasteiger partial charge in [-0.25, -0.2) is 0 Å². The standard InChI is InChI=1S/C20H29N3O3/c1-14-18(15(2)26-22-14)13-25-19-8-7-16(10-20(19)24-4)11-21-12-17-6-5-9-23(17)3/h7-8,10,17,21H,5-6,9,11-13H2,1-4H3/t17-/m0/s1. The highest BCUT2D eigenvalue weighted by atomic mass is 16.5. The average molecular weight is 359 g/mol. The number of hydrogen-bond donors (Lipinski definition) is 1. The monoisotopic (exact) mass is 359 g/mol. The van der Waals surface area contributed by atoms with E-state index in [-0.39, 0.29) is 0 Å². The van der Waals surface area contributed by atoms with Crippen molar-refractivity contribution in [1.82, 2.24) is 15.4 Å². The van der Waals surface area contributed by atoms with Gasteiger partial charge in [0.05, 0.1) is 18.4 Å². The Kier molecular flexibility index (Phi) is 6.16. The van der Waals surface area contributed by atoms with Gasteiger partial charge in [-0.15, -0.1) is 0 Å². The quantitative estimate of drug-likeness (QED) is 0.782. The van der Waals surface area contributed by atoms with E-state index in [4.69, 9.17) is 14.0 Å². The minimum Gasteiger partial charge on any atom is -0.493 e. The van der Waals surface area contributed by atoms with Gasteiger partial charge in [-0.3, -0.25) is 0 Å². The van der Waals surface area contributed by atoms with E-state index in [0.29, 0.717) is 12.6 Å². The fourth-order valence-corrected chi connectivity index (χ4v) is 3.42. The van der Waals surface area contributed by atoms with E-state index in [1.807, 2.05) is 26.0 Å². The van der Waals surface area contributed by atoms with Gasteiger partial charge in [-0.05, 0) is 58.0 Å². The number of rotatable bonds is 8. The Labute approximate surface area is 155 Å². The van der Waals surface area contributed by atoms with Crippen LogP contribution in [-0.2, 0) is 13.2 Å². The number of nitrogens with zero attached hydrogens (tertiary/aromatic N) is 2. The molecule has 26 heavy (non-hydrogen) atoms. The van der Waals surface area contributed by atoms with Crippen LogP contribution in [0.5, 0.6) is 11.5 Å². The van der Waals surface area contributed by atoms with E-state index in [9.17, 15) is 0 Å². The van der Waals surface area contributed by atoms with Gasteiger partial charge in [-0.2, -0.15) is 0 Å². The van der Waals surface area contributed by atoms with Crippen LogP contribution in [0.2, 0.25) is 0 Å². The van der Waals surface area contributed by atoms with Gasteiger partial charge in [-0.1, -0.05) is 11.2 Å². The van der Waals surface area contributed by atoms with Crippen LogP contribution in [0.15, 0.2) is 22.7 Å². The summed E-state index contributed by atoms with van der Waals surface area (Å²) in [5, 5.41) is 7.51. The molecule has 0 amide bonds. The maximum absolute atomic E-state index is 5.94. The molecule has 6 nitrogen and oxygen atoms in total. The minimum absolute atomic E-state index is 0.420. The van der Waals surface area contributed by atoms with Crippen molar-refractivity contribution in [3.8, 4) is 11.5 Å². The predicted molar refractivity (Wildman–Crippen MR) is 101 cm³/mol. The molecule has 0 spiro atoms. The van der Waals surface area contributed by atoms with E-state index in [0.717, 1.165) is 41.6 Å². The predicted octanol–water partition coefficient (Wildman–Crippen LogP) is 3.06. The molecular formula is C20H29N3O3. The molecule has 1 saturated heterocycles. The van der Waals surface area contributed by atoms with Crippen LogP contribution in [0.3, 0.4) is 0 Å². The molecule has 1 aliphatic rings. The summed E-state index contributed by atoms with van der Waals surface area (Å²) in [7, 11) is 3.87. The third-order valence-corrected chi connectivity index (χ3v) is 5.16. The number of likely N-dealkylation sites (tertiary alicyclic amines) is 1. The van der Waals surface area contributed by atoms with Crippen molar-refractivity contribution in [2.24, 2.45) is 0 Å². The summed E-state index contributed by atoms with van der Waals surface area (Å²) in [5.41, 5.74) is 3.03. The van der Waals surface area contributed by atoms with Crippen LogP contribution in [0.1, 0.15) is 35.4 Å². The zero-order valence-corrected chi connectivity index (χ0v) is 16.2. The first kappa shape index (κ1) is 18.7. The Bertz CT molecular complexity index is 710. The summed E-state index contributed by atoms with van der Waals surface area (Å²) in [6, 6.07) is 6.73. The molecule has 1 atom stereocenters. The highest BCUT2D eigenvalue weighted by Crippen LogP contribution is 2.29. The van der Waals surface area contributed by atoms with E-state index >= 15 is 0 Å². The van der Waals surface area contributed by atoms with Crippen LogP contribution >= 0.6 is 0 Å². The summed E-state index contributed by atoms with van der Waals surface area (Å²) in [6.45, 7) is 7.28. The summed E-state index contributed by atoms with van der Waals surface area (Å²) < 4.78 is 16.6. The normalized spacial score (nSPS) is 17.6. The SMILES string of the molecule is COc1cc(CNC[C@@H]2CCCN2C)ccc1OCc1c(C)noc1C. The molecule has 2 heterocycles. The topological polar surface area (TPSA) is 59.8 Å². The number of aromatic nitrogens is 1. The number of aryl methyl sites for hydroxylation is 2. The lowest BCUT2D eigenvalue weighted by Gasteiger charge is -2.20. The Balaban J connectivity index is 1.56. The lowest BCUT2D eigenvalue weighted by Crippen LogP contribution is -2.35. The van der Waals surface area contributed by atoms with Crippen molar-refractivity contribution in [2.75, 3.05) is 27.2 Å². The number of hydrogen-bond acceptors (Lipinski definition) is 6. The zero-order chi connectivity index (χ0) is 18.5. The van der Waals surface area contributed by atoms with Crippen LogP contribution in [-0.4, -0.2) is 43.3 Å². The molecule has 1 aromatic carbocycles. The van der Waals surface area contributed by atoms with Crippen LogP contribution in [0.4, 0.5) is 0 Å². The van der Waals surface area contributed by atoms with Gasteiger partial charge in [0.15, 0.2) is 11.5 Å². The molecule has 6 heteroatoms. The third-order valence-electron chi connectivity index (χ3n) is 5.16. The number of nitrogens with one attached hydrogen (secondary N) is 1. The molecule has 0 unspecified atom stereocenters. The van der Waals surface area contributed by atoms with Crippen molar-refractivity contribution >= 4 is 0 Å². The molecule has 0 aliphatic carbocycles. The lowest BCUT2D eigenvalue weighted by atomic mass is 10.1. The van der Waals surface area contributed by atoms with Crippen molar-refractivity contribution in [2.45, 2.75) is 45.9 Å². The first-order valence-corrected chi connectivity index (χ1v) is 9.21. The maximum Gasteiger partial charge on any atom is 0.161 e. The first-order valence-electron chi connectivity index (χ1n) is 9.21. The molecular weight excluding hydrogens is 330 g/mol. The van der Waals surface area contributed by atoms with Gasteiger partial charge in [0, 0.05) is 19.1 Å². The second-order valence-corrected chi connectivity index (χ2v) is 6.98. The van der Waals surface area contributed by atoms with Gasteiger partial charge >= 0.3 is 0 Å². The highest BCUT2D eigenvalue weighted by molar-refractivity contribution is 5.43. The Hall–Kier alpha value is -2.05. The molecule has 0 saturated carbocycles. The van der Waals surface area contributed by atoms with Gasteiger partial charge in [0.25, 0.3) is 0 Å². The van der Waals surface area contributed by atoms with Crippen molar-refractivity contribution in [3.05, 3.63) is 40.8 Å². The smallest absolute Gasteiger partial charge is 0.161 e. The van der Waals surface area contributed by atoms with E-state index in [2.05, 4.69) is 28.5 Å². The first-order chi connectivity index (χ1) is 12.6. The Morgan fingerprint density at radius 2 is 2.15 bits per heavy atom. The fourth-order valence-electron chi connectivity index (χ4n) is 3.42. The molecule has 1 fully saturated rings. The van der Waals surface area contributed by atoms with Crippen LogP contribution in [0.25, 0.3) is 0 Å². The van der Waals surface area contributed by atoms with Gasteiger partial charge < -0.3 is 24.2 Å². The Morgan fingerprint density at radius 1 is 1.31 bits per heavy atom. The average Bonchev–Trinajstić information content (AvgIpc) is 3.19. The molecule has 0 bridgehead atoms. The number of ether oxygens (including phenoxy) is 2. The van der Waals surface area contributed by atoms with Crippen molar-refractivity contribution in [1.29, 1.82) is 0 Å². The summed E-state index contributed by atoms with van der Waals surface area (Å²) in [4.78, 5) is 2.43. The minimum atomic E-state index is 0.420. The lowest BCUT2D eigenvalue weighted by molar-refractivity contribution is 0.281. The molecule has 1 aliphatic heterocycles. The second kappa shape index (κ2) is 8.56. The molecule has 1 aromatic heterocycles. The largest absolute Gasteiger partial charge is 0.493 e. The van der Waals surface area contributed by atoms with Crippen molar-refractivity contribution in [3.63, 3.8) is 0 Å². The number of methoxy groups -OCH3 is 1. The fraction of sp³-hybridized carbons (Fsp3) is 0.550. The van der Waals surface area contributed by atoms with E-state index in [1.54, 1.807) is 7.11 Å². The summed E-state index contributed by atoms with van der Waals surface area (Å²) >= 11 is 0. The molecule has 3 rings (SSSR count). The van der Waals surface area contributed by atoms with Gasteiger partial charge in [0.1, 0.15) is 12.4 Å². The summed E-state index contributed by atoms with van der Waals surface area (Å²) in [6.07, 6.45) is 2.58. The third kappa shape index (κ3) is 4.37. The Morgan fingerprint density at radius 3 is 2.81 bits per heavy atom. The molecule has 2 aromatic rings. The molecule has 142 valence electrons. The maximum atomic E-state index is 5.94. The second-order valence-electron chi connectivity index (χ2n) is 6.98. The van der Waals surface area contributed by atoms with E-state index < -0.39 is 0 Å². The highest BCUT2D eigenvalue weighted by Gasteiger charge is 2.20. The number of likely N-dealkylation sites (N-methyl/N-ethyl adjacent to an activating group) is 1. The zero-order valence-electron chi connectivity index (χ0n) is 16.2. The number of benzene rings is 1. The summed E-state index contributed by atoms with van der Waals surface area (Å²) in [5.74, 6) is 2.26. The van der Waals surface area contributed by atoms with Crippen LogP contribution < -0.4 is 14.8 Å². The molecule has 1 N–H and O–H groups in total. The van der Waals surface area contributed by atoms with Crippen molar-refractivity contribution < 1.29 is 14.0 Å². The van der Waals surface area contributed by atoms with Crippen LogP contribution in [0, 0.1) is 13.8 Å². The van der Waals surface area contributed by atoms with Gasteiger partial charge in [0.2, 0.25) is 0 Å².